The molecule has 0 aliphatic heterocycles. The lowest BCUT2D eigenvalue weighted by molar-refractivity contribution is -0.121. The summed E-state index contributed by atoms with van der Waals surface area (Å²) in [5, 5.41) is 3.15. The van der Waals surface area contributed by atoms with Crippen molar-refractivity contribution in [2.45, 2.75) is 13.0 Å². The van der Waals surface area contributed by atoms with Crippen molar-refractivity contribution >= 4 is 16.8 Å². The zero-order valence-corrected chi connectivity index (χ0v) is 15.7. The molecule has 0 atom stereocenters. The lowest BCUT2D eigenvalue weighted by Gasteiger charge is -2.11. The average molecular weight is 383 g/mol. The quantitative estimate of drug-likeness (QED) is 0.635. The Morgan fingerprint density at radius 2 is 1.82 bits per heavy atom. The SMILES string of the molecule is COc1ccc(CCNC(=O)Cn2c(=O)[nH]c(=O)c3ccccc32)cc1OC. The Balaban J connectivity index is 1.67. The third-order valence-electron chi connectivity index (χ3n) is 4.39. The van der Waals surface area contributed by atoms with Crippen LogP contribution in [0.15, 0.2) is 52.1 Å². The summed E-state index contributed by atoms with van der Waals surface area (Å²) < 4.78 is 11.7. The molecule has 28 heavy (non-hydrogen) atoms. The van der Waals surface area contributed by atoms with Crippen molar-refractivity contribution in [2.75, 3.05) is 20.8 Å². The number of carbonyl (C=O) groups excluding carboxylic acids is 1. The maximum atomic E-state index is 12.3. The number of aromatic nitrogens is 2. The molecular formula is C20H21N3O5. The molecule has 1 amide bonds. The van der Waals surface area contributed by atoms with Gasteiger partial charge in [0.15, 0.2) is 11.5 Å². The van der Waals surface area contributed by atoms with Crippen molar-refractivity contribution in [3.05, 3.63) is 68.9 Å². The highest BCUT2D eigenvalue weighted by Gasteiger charge is 2.11. The smallest absolute Gasteiger partial charge is 0.329 e. The summed E-state index contributed by atoms with van der Waals surface area (Å²) in [4.78, 5) is 38.5. The van der Waals surface area contributed by atoms with Crippen LogP contribution in [0.3, 0.4) is 0 Å². The van der Waals surface area contributed by atoms with E-state index in [1.165, 1.54) is 4.57 Å². The molecule has 0 spiro atoms. The van der Waals surface area contributed by atoms with E-state index in [2.05, 4.69) is 10.3 Å². The fourth-order valence-corrected chi connectivity index (χ4v) is 2.98. The van der Waals surface area contributed by atoms with Gasteiger partial charge >= 0.3 is 5.69 Å². The van der Waals surface area contributed by atoms with Gasteiger partial charge in [0.05, 0.1) is 25.1 Å². The predicted octanol–water partition coefficient (Wildman–Crippen LogP) is 1.07. The number of nitrogens with zero attached hydrogens (tertiary/aromatic N) is 1. The molecule has 0 fully saturated rings. The van der Waals surface area contributed by atoms with Gasteiger partial charge in [-0.3, -0.25) is 19.1 Å². The Kier molecular flexibility index (Phi) is 5.78. The molecule has 0 saturated heterocycles. The lowest BCUT2D eigenvalue weighted by atomic mass is 10.1. The fourth-order valence-electron chi connectivity index (χ4n) is 2.98. The third kappa shape index (κ3) is 4.06. The van der Waals surface area contributed by atoms with Crippen LogP contribution in [0.1, 0.15) is 5.56 Å². The first-order valence-electron chi connectivity index (χ1n) is 8.73. The van der Waals surface area contributed by atoms with Crippen LogP contribution in [0.2, 0.25) is 0 Å². The zero-order chi connectivity index (χ0) is 20.1. The number of aromatic amines is 1. The van der Waals surface area contributed by atoms with Gasteiger partial charge in [0, 0.05) is 6.54 Å². The molecule has 0 bridgehead atoms. The number of para-hydroxylation sites is 1. The van der Waals surface area contributed by atoms with Gasteiger partial charge in [0.25, 0.3) is 5.56 Å². The monoisotopic (exact) mass is 383 g/mol. The second-order valence-corrected chi connectivity index (χ2v) is 6.15. The molecule has 0 saturated carbocycles. The van der Waals surface area contributed by atoms with Crippen LogP contribution in [0.25, 0.3) is 10.9 Å². The van der Waals surface area contributed by atoms with Crippen LogP contribution >= 0.6 is 0 Å². The molecule has 8 heteroatoms. The topological polar surface area (TPSA) is 102 Å². The molecule has 146 valence electrons. The Hall–Kier alpha value is -3.55. The van der Waals surface area contributed by atoms with Crippen LogP contribution in [0.5, 0.6) is 11.5 Å². The van der Waals surface area contributed by atoms with E-state index in [1.54, 1.807) is 38.5 Å². The lowest BCUT2D eigenvalue weighted by Crippen LogP contribution is -2.36. The second-order valence-electron chi connectivity index (χ2n) is 6.15. The van der Waals surface area contributed by atoms with E-state index in [0.29, 0.717) is 35.4 Å². The highest BCUT2D eigenvalue weighted by molar-refractivity contribution is 5.81. The number of nitrogens with one attached hydrogen (secondary N) is 2. The summed E-state index contributed by atoms with van der Waals surface area (Å²) in [5.74, 6) is 0.942. The largest absolute Gasteiger partial charge is 0.493 e. The van der Waals surface area contributed by atoms with Crippen LogP contribution in [0, 0.1) is 0 Å². The first-order valence-corrected chi connectivity index (χ1v) is 8.73. The molecule has 3 rings (SSSR count). The predicted molar refractivity (Wildman–Crippen MR) is 105 cm³/mol. The molecule has 1 heterocycles. The highest BCUT2D eigenvalue weighted by Crippen LogP contribution is 2.27. The molecule has 8 nitrogen and oxygen atoms in total. The maximum absolute atomic E-state index is 12.3. The molecule has 0 unspecified atom stereocenters. The Labute approximate surface area is 160 Å². The Morgan fingerprint density at radius 1 is 1.07 bits per heavy atom. The molecule has 0 aliphatic rings. The van der Waals surface area contributed by atoms with E-state index in [9.17, 15) is 14.4 Å². The number of carbonyl (C=O) groups is 1. The number of H-pyrrole nitrogens is 1. The van der Waals surface area contributed by atoms with Gasteiger partial charge in [-0.05, 0) is 36.2 Å². The van der Waals surface area contributed by atoms with E-state index in [0.717, 1.165) is 5.56 Å². The molecule has 0 aliphatic carbocycles. The normalized spacial score (nSPS) is 10.6. The number of rotatable bonds is 7. The average Bonchev–Trinajstić information content (AvgIpc) is 2.71. The van der Waals surface area contributed by atoms with Crippen molar-refractivity contribution in [3.63, 3.8) is 0 Å². The van der Waals surface area contributed by atoms with Gasteiger partial charge < -0.3 is 14.8 Å². The molecule has 2 N–H and O–H groups in total. The molecule has 1 aromatic heterocycles. The third-order valence-corrected chi connectivity index (χ3v) is 4.39. The first kappa shape index (κ1) is 19.2. The minimum Gasteiger partial charge on any atom is -0.493 e. The van der Waals surface area contributed by atoms with Gasteiger partial charge in [0.1, 0.15) is 6.54 Å². The van der Waals surface area contributed by atoms with Crippen molar-refractivity contribution in [3.8, 4) is 11.5 Å². The number of hydrogen-bond donors (Lipinski definition) is 2. The number of amides is 1. The van der Waals surface area contributed by atoms with Gasteiger partial charge in [-0.1, -0.05) is 18.2 Å². The summed E-state index contributed by atoms with van der Waals surface area (Å²) in [6.45, 7) is 0.215. The highest BCUT2D eigenvalue weighted by atomic mass is 16.5. The van der Waals surface area contributed by atoms with Crippen molar-refractivity contribution in [2.24, 2.45) is 0 Å². The molecule has 2 aromatic carbocycles. The summed E-state index contributed by atoms with van der Waals surface area (Å²) in [6, 6.07) is 12.2. The van der Waals surface area contributed by atoms with E-state index >= 15 is 0 Å². The summed E-state index contributed by atoms with van der Waals surface area (Å²) in [7, 11) is 3.13. The van der Waals surface area contributed by atoms with Crippen LogP contribution < -0.4 is 26.0 Å². The molecule has 3 aromatic rings. The van der Waals surface area contributed by atoms with E-state index < -0.39 is 11.2 Å². The van der Waals surface area contributed by atoms with E-state index in [-0.39, 0.29) is 12.5 Å². The van der Waals surface area contributed by atoms with Crippen molar-refractivity contribution < 1.29 is 14.3 Å². The summed E-state index contributed by atoms with van der Waals surface area (Å²) >= 11 is 0. The fraction of sp³-hybridized carbons (Fsp3) is 0.250. The van der Waals surface area contributed by atoms with Crippen LogP contribution in [-0.2, 0) is 17.8 Å². The van der Waals surface area contributed by atoms with Gasteiger partial charge in [-0.15, -0.1) is 0 Å². The van der Waals surface area contributed by atoms with Crippen LogP contribution in [0.4, 0.5) is 0 Å². The minimum atomic E-state index is -0.612. The van der Waals surface area contributed by atoms with E-state index in [1.807, 2.05) is 18.2 Å². The number of ether oxygens (including phenoxy) is 2. The number of benzene rings is 2. The molecular weight excluding hydrogens is 362 g/mol. The number of fused-ring (bicyclic) bond motifs is 1. The van der Waals surface area contributed by atoms with Crippen LogP contribution in [-0.4, -0.2) is 36.2 Å². The maximum Gasteiger partial charge on any atom is 0.329 e. The van der Waals surface area contributed by atoms with Gasteiger partial charge in [-0.25, -0.2) is 4.79 Å². The summed E-state index contributed by atoms with van der Waals surface area (Å²) in [6.07, 6.45) is 0.591. The van der Waals surface area contributed by atoms with Gasteiger partial charge in [0.2, 0.25) is 5.91 Å². The van der Waals surface area contributed by atoms with E-state index in [4.69, 9.17) is 9.47 Å². The van der Waals surface area contributed by atoms with Gasteiger partial charge in [-0.2, -0.15) is 0 Å². The molecule has 0 radical (unpaired) electrons. The number of hydrogen-bond acceptors (Lipinski definition) is 5. The Bertz CT molecular complexity index is 1120. The number of methoxy groups -OCH3 is 2. The minimum absolute atomic E-state index is 0.179. The first-order chi connectivity index (χ1) is 13.5. The summed E-state index contributed by atoms with van der Waals surface area (Å²) in [5.41, 5.74) is 0.320. The second kappa shape index (κ2) is 8.43. The van der Waals surface area contributed by atoms with Crippen molar-refractivity contribution in [1.82, 2.24) is 14.9 Å². The standard InChI is InChI=1S/C20H21N3O5/c1-27-16-8-7-13(11-17(16)28-2)9-10-21-18(24)12-23-15-6-4-3-5-14(15)19(25)22-20(23)26/h3-8,11H,9-10,12H2,1-2H3,(H,21,24)(H,22,25,26). The zero-order valence-electron chi connectivity index (χ0n) is 15.7. The van der Waals surface area contributed by atoms with Crippen molar-refractivity contribution in [1.29, 1.82) is 0 Å². The Morgan fingerprint density at radius 3 is 2.57 bits per heavy atom.